The van der Waals surface area contributed by atoms with Crippen LogP contribution < -0.4 is 16.0 Å². The monoisotopic (exact) mass is 481 g/mol. The number of amides is 1. The fourth-order valence-corrected chi connectivity index (χ4v) is 5.12. The van der Waals surface area contributed by atoms with Gasteiger partial charge < -0.3 is 20.9 Å². The van der Waals surface area contributed by atoms with Crippen molar-refractivity contribution in [1.29, 1.82) is 0 Å². The van der Waals surface area contributed by atoms with Gasteiger partial charge in [0.15, 0.2) is 0 Å². The Labute approximate surface area is 213 Å². The number of carbonyl (C=O) groups excluding carboxylic acids is 1. The number of hydrogen-bond donors (Lipinski definition) is 4. The molecule has 186 valence electrons. The summed E-state index contributed by atoms with van der Waals surface area (Å²) in [5, 5.41) is 11.6. The summed E-state index contributed by atoms with van der Waals surface area (Å²) in [6.07, 6.45) is 2.84. The lowest BCUT2D eigenvalue weighted by atomic mass is 10.0. The lowest BCUT2D eigenvalue weighted by Crippen LogP contribution is -2.52. The van der Waals surface area contributed by atoms with Crippen LogP contribution in [-0.2, 0) is 17.8 Å². The maximum atomic E-state index is 13.3. The summed E-state index contributed by atoms with van der Waals surface area (Å²) in [5.74, 6) is 0.0733. The standard InChI is InChI=1S/C30H35N5O/c36-30(22-35-16-15-31-21-29(35)24-11-5-2-6-12-24)34-26(20-32-18-23-9-3-1-4-10-23)17-25-19-33-28-14-8-7-13-27(25)28/h1-14,19,26,29,31-33H,15-18,20-22H2,(H,34,36). The van der Waals surface area contributed by atoms with E-state index in [4.69, 9.17) is 0 Å². The summed E-state index contributed by atoms with van der Waals surface area (Å²) in [6.45, 7) is 4.47. The molecular weight excluding hydrogens is 446 g/mol. The SMILES string of the molecule is O=C(CN1CCNCC1c1ccccc1)NC(CNCc1ccccc1)Cc1c[nH]c2ccccc12. The molecular formula is C30H35N5O. The molecule has 2 unspecified atom stereocenters. The van der Waals surface area contributed by atoms with E-state index in [2.05, 4.69) is 98.8 Å². The molecule has 0 radical (unpaired) electrons. The van der Waals surface area contributed by atoms with Gasteiger partial charge in [-0.15, -0.1) is 0 Å². The van der Waals surface area contributed by atoms with Crippen molar-refractivity contribution in [3.05, 3.63) is 108 Å². The molecule has 6 nitrogen and oxygen atoms in total. The van der Waals surface area contributed by atoms with Gasteiger partial charge in [-0.1, -0.05) is 78.9 Å². The van der Waals surface area contributed by atoms with Crippen molar-refractivity contribution in [3.63, 3.8) is 0 Å². The predicted octanol–water partition coefficient (Wildman–Crippen LogP) is 3.63. The van der Waals surface area contributed by atoms with Crippen LogP contribution in [0, 0.1) is 0 Å². The average molecular weight is 482 g/mol. The van der Waals surface area contributed by atoms with E-state index in [0.717, 1.165) is 38.1 Å². The predicted molar refractivity (Wildman–Crippen MR) is 146 cm³/mol. The first-order valence-corrected chi connectivity index (χ1v) is 12.8. The molecule has 4 aromatic rings. The molecule has 6 heteroatoms. The van der Waals surface area contributed by atoms with Crippen molar-refractivity contribution in [2.45, 2.75) is 25.0 Å². The summed E-state index contributed by atoms with van der Waals surface area (Å²) in [4.78, 5) is 19.0. The number of rotatable bonds is 10. The van der Waals surface area contributed by atoms with Crippen molar-refractivity contribution < 1.29 is 4.79 Å². The second-order valence-corrected chi connectivity index (χ2v) is 9.55. The molecule has 0 saturated carbocycles. The maximum Gasteiger partial charge on any atom is 0.234 e. The Hall–Kier alpha value is -3.45. The van der Waals surface area contributed by atoms with Gasteiger partial charge in [-0.2, -0.15) is 0 Å². The van der Waals surface area contributed by atoms with Crippen molar-refractivity contribution in [2.75, 3.05) is 32.7 Å². The fourth-order valence-electron chi connectivity index (χ4n) is 5.12. The normalized spacial score (nSPS) is 17.2. The molecule has 1 saturated heterocycles. The molecule has 0 aliphatic carbocycles. The molecule has 1 aromatic heterocycles. The number of nitrogens with zero attached hydrogens (tertiary/aromatic N) is 1. The Balaban J connectivity index is 1.26. The highest BCUT2D eigenvalue weighted by molar-refractivity contribution is 5.83. The minimum atomic E-state index is -0.0153. The van der Waals surface area contributed by atoms with Crippen LogP contribution in [0.2, 0.25) is 0 Å². The van der Waals surface area contributed by atoms with Crippen molar-refractivity contribution >= 4 is 16.8 Å². The van der Waals surface area contributed by atoms with Gasteiger partial charge in [0.2, 0.25) is 5.91 Å². The smallest absolute Gasteiger partial charge is 0.234 e. The van der Waals surface area contributed by atoms with E-state index in [0.29, 0.717) is 13.1 Å². The van der Waals surface area contributed by atoms with Gasteiger partial charge in [0.05, 0.1) is 6.54 Å². The van der Waals surface area contributed by atoms with Crippen molar-refractivity contribution in [3.8, 4) is 0 Å². The molecule has 0 spiro atoms. The highest BCUT2D eigenvalue weighted by Gasteiger charge is 2.26. The maximum absolute atomic E-state index is 13.3. The lowest BCUT2D eigenvalue weighted by molar-refractivity contribution is -0.123. The lowest BCUT2D eigenvalue weighted by Gasteiger charge is -2.36. The molecule has 0 bridgehead atoms. The fraction of sp³-hybridized carbons (Fsp3) is 0.300. The number of nitrogens with one attached hydrogen (secondary N) is 4. The Morgan fingerprint density at radius 3 is 2.56 bits per heavy atom. The molecule has 1 aliphatic heterocycles. The number of para-hydroxylation sites is 1. The largest absolute Gasteiger partial charge is 0.361 e. The summed E-state index contributed by atoms with van der Waals surface area (Å²) in [7, 11) is 0. The molecule has 2 heterocycles. The molecule has 2 atom stereocenters. The number of fused-ring (bicyclic) bond motifs is 1. The third-order valence-electron chi connectivity index (χ3n) is 6.95. The third-order valence-corrected chi connectivity index (χ3v) is 6.95. The second kappa shape index (κ2) is 12.0. The Kier molecular flexibility index (Phi) is 8.08. The van der Waals surface area contributed by atoms with Crippen LogP contribution >= 0.6 is 0 Å². The van der Waals surface area contributed by atoms with E-state index in [-0.39, 0.29) is 18.0 Å². The molecule has 3 aromatic carbocycles. The van der Waals surface area contributed by atoms with Crippen LogP contribution in [-0.4, -0.2) is 54.6 Å². The van der Waals surface area contributed by atoms with Gasteiger partial charge in [-0.05, 0) is 29.2 Å². The zero-order chi connectivity index (χ0) is 24.6. The highest BCUT2D eigenvalue weighted by atomic mass is 16.2. The molecule has 4 N–H and O–H groups in total. The average Bonchev–Trinajstić information content (AvgIpc) is 3.33. The van der Waals surface area contributed by atoms with Gasteiger partial charge in [0.25, 0.3) is 0 Å². The van der Waals surface area contributed by atoms with E-state index >= 15 is 0 Å². The third kappa shape index (κ3) is 6.21. The summed E-state index contributed by atoms with van der Waals surface area (Å²) >= 11 is 0. The van der Waals surface area contributed by atoms with Crippen molar-refractivity contribution in [2.24, 2.45) is 0 Å². The summed E-state index contributed by atoms with van der Waals surface area (Å²) < 4.78 is 0. The molecule has 1 amide bonds. The van der Waals surface area contributed by atoms with Crippen LogP contribution in [0.1, 0.15) is 22.7 Å². The number of carbonyl (C=O) groups is 1. The molecule has 5 rings (SSSR count). The van der Waals surface area contributed by atoms with E-state index in [9.17, 15) is 4.79 Å². The quantitative estimate of drug-likeness (QED) is 0.279. The van der Waals surface area contributed by atoms with Crippen LogP contribution in [0.3, 0.4) is 0 Å². The Morgan fingerprint density at radius 1 is 0.972 bits per heavy atom. The van der Waals surface area contributed by atoms with E-state index < -0.39 is 0 Å². The Morgan fingerprint density at radius 2 is 1.72 bits per heavy atom. The van der Waals surface area contributed by atoms with E-state index in [1.54, 1.807) is 0 Å². The van der Waals surface area contributed by atoms with Gasteiger partial charge in [0.1, 0.15) is 0 Å². The number of piperazine rings is 1. The first-order valence-electron chi connectivity index (χ1n) is 12.8. The molecule has 36 heavy (non-hydrogen) atoms. The van der Waals surface area contributed by atoms with Crippen molar-refractivity contribution in [1.82, 2.24) is 25.8 Å². The van der Waals surface area contributed by atoms with E-state index in [1.165, 1.54) is 22.1 Å². The van der Waals surface area contributed by atoms with Gasteiger partial charge in [0, 0.05) is 61.9 Å². The number of aromatic amines is 1. The minimum Gasteiger partial charge on any atom is -0.361 e. The van der Waals surface area contributed by atoms with E-state index in [1.807, 2.05) is 18.2 Å². The topological polar surface area (TPSA) is 72.2 Å². The van der Waals surface area contributed by atoms with Crippen LogP contribution in [0.15, 0.2) is 91.1 Å². The first-order chi connectivity index (χ1) is 17.8. The highest BCUT2D eigenvalue weighted by Crippen LogP contribution is 2.22. The number of H-pyrrole nitrogens is 1. The second-order valence-electron chi connectivity index (χ2n) is 9.55. The molecule has 1 fully saturated rings. The van der Waals surface area contributed by atoms with Gasteiger partial charge >= 0.3 is 0 Å². The Bertz CT molecular complexity index is 1240. The van der Waals surface area contributed by atoms with Gasteiger partial charge in [-0.3, -0.25) is 9.69 Å². The minimum absolute atomic E-state index is 0.0153. The zero-order valence-corrected chi connectivity index (χ0v) is 20.6. The summed E-state index contributed by atoms with van der Waals surface area (Å²) in [5.41, 5.74) is 4.83. The molecule has 1 aliphatic rings. The van der Waals surface area contributed by atoms with Gasteiger partial charge in [-0.25, -0.2) is 0 Å². The zero-order valence-electron chi connectivity index (χ0n) is 20.6. The number of aromatic nitrogens is 1. The summed E-state index contributed by atoms with van der Waals surface area (Å²) in [6, 6.07) is 29.4. The number of hydrogen-bond acceptors (Lipinski definition) is 4. The first kappa shape index (κ1) is 24.3. The number of benzene rings is 3. The van der Waals surface area contributed by atoms with Crippen LogP contribution in [0.4, 0.5) is 0 Å². The van der Waals surface area contributed by atoms with Crippen LogP contribution in [0.25, 0.3) is 10.9 Å². The van der Waals surface area contributed by atoms with Crippen LogP contribution in [0.5, 0.6) is 0 Å².